The molecular weight excluding hydrogens is 240 g/mol. The smallest absolute Gasteiger partial charge is 0.305 e. The molecule has 0 saturated carbocycles. The first-order valence-corrected chi connectivity index (χ1v) is 5.49. The zero-order valence-corrected chi connectivity index (χ0v) is 9.96. The summed E-state index contributed by atoms with van der Waals surface area (Å²) in [5, 5.41) is 13.2. The van der Waals surface area contributed by atoms with E-state index in [0.717, 1.165) is 12.4 Å². The Morgan fingerprint density at radius 2 is 2.17 bits per heavy atom. The van der Waals surface area contributed by atoms with Crippen LogP contribution in [0.4, 0.5) is 11.6 Å². The van der Waals surface area contributed by atoms with Gasteiger partial charge in [-0.25, -0.2) is 9.97 Å². The number of hydrogen-bond acceptors (Lipinski definition) is 7. The summed E-state index contributed by atoms with van der Waals surface area (Å²) < 4.78 is 4.76. The molecular formula is C10H14N4O4. The molecule has 98 valence electrons. The monoisotopic (exact) mass is 254 g/mol. The second kappa shape index (κ2) is 7.15. The van der Waals surface area contributed by atoms with Crippen LogP contribution in [0, 0.1) is 10.1 Å². The van der Waals surface area contributed by atoms with Gasteiger partial charge in [-0.3, -0.25) is 14.9 Å². The average molecular weight is 254 g/mol. The summed E-state index contributed by atoms with van der Waals surface area (Å²) >= 11 is 0. The molecule has 0 amide bonds. The summed E-state index contributed by atoms with van der Waals surface area (Å²) in [6.45, 7) is 2.62. The van der Waals surface area contributed by atoms with Crippen molar-refractivity contribution in [2.24, 2.45) is 0 Å². The van der Waals surface area contributed by atoms with Gasteiger partial charge in [-0.15, -0.1) is 0 Å². The number of carbonyl (C=O) groups excluding carboxylic acids is 1. The number of aromatic nitrogens is 2. The van der Waals surface area contributed by atoms with Crippen molar-refractivity contribution in [3.8, 4) is 0 Å². The second-order valence-electron chi connectivity index (χ2n) is 3.36. The van der Waals surface area contributed by atoms with Crippen LogP contribution in [0.5, 0.6) is 0 Å². The van der Waals surface area contributed by atoms with E-state index in [4.69, 9.17) is 4.74 Å². The Labute approximate surface area is 104 Å². The molecule has 18 heavy (non-hydrogen) atoms. The van der Waals surface area contributed by atoms with Crippen molar-refractivity contribution in [3.05, 3.63) is 22.5 Å². The lowest BCUT2D eigenvalue weighted by Gasteiger charge is -2.04. The molecule has 1 N–H and O–H groups in total. The van der Waals surface area contributed by atoms with E-state index in [0.29, 0.717) is 31.9 Å². The molecule has 1 rings (SSSR count). The SMILES string of the molecule is CCOC(=O)CCCNc1ncc([N+](=O)[O-])cn1. The molecule has 8 nitrogen and oxygen atoms in total. The van der Waals surface area contributed by atoms with Crippen LogP contribution in [-0.4, -0.2) is 34.0 Å². The molecule has 0 unspecified atom stereocenters. The van der Waals surface area contributed by atoms with Gasteiger partial charge in [-0.2, -0.15) is 0 Å². The van der Waals surface area contributed by atoms with Gasteiger partial charge in [0.1, 0.15) is 12.4 Å². The quantitative estimate of drug-likeness (QED) is 0.336. The number of rotatable bonds is 7. The average Bonchev–Trinajstić information content (AvgIpc) is 2.35. The molecule has 0 radical (unpaired) electrons. The Bertz CT molecular complexity index is 407. The van der Waals surface area contributed by atoms with E-state index in [2.05, 4.69) is 15.3 Å². The van der Waals surface area contributed by atoms with Crippen LogP contribution in [0.1, 0.15) is 19.8 Å². The molecule has 0 aliphatic heterocycles. The molecule has 1 heterocycles. The number of anilines is 1. The van der Waals surface area contributed by atoms with Gasteiger partial charge in [0.2, 0.25) is 5.95 Å². The van der Waals surface area contributed by atoms with E-state index < -0.39 is 4.92 Å². The van der Waals surface area contributed by atoms with Crippen molar-refractivity contribution in [1.82, 2.24) is 9.97 Å². The fourth-order valence-corrected chi connectivity index (χ4v) is 1.17. The summed E-state index contributed by atoms with van der Waals surface area (Å²) in [5.74, 6) is 0.0494. The zero-order valence-electron chi connectivity index (χ0n) is 9.96. The van der Waals surface area contributed by atoms with Crippen LogP contribution in [0.15, 0.2) is 12.4 Å². The summed E-state index contributed by atoms with van der Waals surface area (Å²) in [6, 6.07) is 0. The lowest BCUT2D eigenvalue weighted by Crippen LogP contribution is -2.09. The van der Waals surface area contributed by atoms with Gasteiger partial charge < -0.3 is 10.1 Å². The van der Waals surface area contributed by atoms with E-state index in [1.54, 1.807) is 6.92 Å². The van der Waals surface area contributed by atoms with E-state index in [-0.39, 0.29) is 11.7 Å². The van der Waals surface area contributed by atoms with Gasteiger partial charge in [0.15, 0.2) is 0 Å². The molecule has 0 atom stereocenters. The third-order valence-electron chi connectivity index (χ3n) is 2.00. The first kappa shape index (κ1) is 13.8. The topological polar surface area (TPSA) is 107 Å². The van der Waals surface area contributed by atoms with Crippen molar-refractivity contribution < 1.29 is 14.5 Å². The zero-order chi connectivity index (χ0) is 13.4. The van der Waals surface area contributed by atoms with E-state index in [1.807, 2.05) is 0 Å². The number of carbonyl (C=O) groups is 1. The lowest BCUT2D eigenvalue weighted by molar-refractivity contribution is -0.385. The molecule has 0 aliphatic carbocycles. The van der Waals surface area contributed by atoms with E-state index in [9.17, 15) is 14.9 Å². The highest BCUT2D eigenvalue weighted by Crippen LogP contribution is 2.08. The third-order valence-corrected chi connectivity index (χ3v) is 2.00. The van der Waals surface area contributed by atoms with E-state index in [1.165, 1.54) is 0 Å². The number of hydrogen-bond donors (Lipinski definition) is 1. The highest BCUT2D eigenvalue weighted by atomic mass is 16.6. The predicted molar refractivity (Wildman–Crippen MR) is 63.0 cm³/mol. The minimum absolute atomic E-state index is 0.160. The minimum Gasteiger partial charge on any atom is -0.466 e. The van der Waals surface area contributed by atoms with Crippen LogP contribution < -0.4 is 5.32 Å². The van der Waals surface area contributed by atoms with Crippen LogP contribution >= 0.6 is 0 Å². The van der Waals surface area contributed by atoms with Gasteiger partial charge in [0.25, 0.3) is 0 Å². The lowest BCUT2D eigenvalue weighted by atomic mass is 10.3. The number of esters is 1. The highest BCUT2D eigenvalue weighted by Gasteiger charge is 2.06. The number of ether oxygens (including phenoxy) is 1. The van der Waals surface area contributed by atoms with Gasteiger partial charge in [0, 0.05) is 13.0 Å². The van der Waals surface area contributed by atoms with Crippen molar-refractivity contribution in [2.75, 3.05) is 18.5 Å². The molecule has 0 saturated heterocycles. The fourth-order valence-electron chi connectivity index (χ4n) is 1.17. The van der Waals surface area contributed by atoms with Crippen LogP contribution in [0.2, 0.25) is 0 Å². The molecule has 8 heteroatoms. The Balaban J connectivity index is 2.27. The Hall–Kier alpha value is -2.25. The fraction of sp³-hybridized carbons (Fsp3) is 0.500. The second-order valence-corrected chi connectivity index (χ2v) is 3.36. The van der Waals surface area contributed by atoms with Crippen molar-refractivity contribution >= 4 is 17.6 Å². The third kappa shape index (κ3) is 4.73. The van der Waals surface area contributed by atoms with Crippen LogP contribution in [0.3, 0.4) is 0 Å². The van der Waals surface area contributed by atoms with Gasteiger partial charge in [-0.1, -0.05) is 0 Å². The summed E-state index contributed by atoms with van der Waals surface area (Å²) in [7, 11) is 0. The Morgan fingerprint density at radius 3 is 2.72 bits per heavy atom. The molecule has 1 aromatic heterocycles. The molecule has 0 aromatic carbocycles. The normalized spacial score (nSPS) is 9.83. The molecule has 0 spiro atoms. The van der Waals surface area contributed by atoms with Crippen molar-refractivity contribution in [2.45, 2.75) is 19.8 Å². The maximum atomic E-state index is 11.0. The van der Waals surface area contributed by atoms with Crippen LogP contribution in [0.25, 0.3) is 0 Å². The van der Waals surface area contributed by atoms with Gasteiger partial charge >= 0.3 is 11.7 Å². The van der Waals surface area contributed by atoms with Gasteiger partial charge in [0.05, 0.1) is 11.5 Å². The minimum atomic E-state index is -0.565. The summed E-state index contributed by atoms with van der Waals surface area (Å²) in [6.07, 6.45) is 3.15. The summed E-state index contributed by atoms with van der Waals surface area (Å²) in [4.78, 5) is 28.4. The molecule has 0 bridgehead atoms. The Kier molecular flexibility index (Phi) is 5.49. The number of nitrogens with zero attached hydrogens (tertiary/aromatic N) is 3. The number of nitro groups is 1. The summed E-state index contributed by atoms with van der Waals surface area (Å²) in [5.41, 5.74) is -0.160. The molecule has 1 aromatic rings. The highest BCUT2D eigenvalue weighted by molar-refractivity contribution is 5.69. The van der Waals surface area contributed by atoms with Crippen molar-refractivity contribution in [3.63, 3.8) is 0 Å². The van der Waals surface area contributed by atoms with Crippen molar-refractivity contribution in [1.29, 1.82) is 0 Å². The number of nitrogens with one attached hydrogen (secondary N) is 1. The Morgan fingerprint density at radius 1 is 1.50 bits per heavy atom. The maximum Gasteiger partial charge on any atom is 0.305 e. The maximum absolute atomic E-state index is 11.0. The molecule has 0 fully saturated rings. The standard InChI is InChI=1S/C10H14N4O4/c1-2-18-9(15)4-3-5-11-10-12-6-8(7-13-10)14(16)17/h6-7H,2-5H2,1H3,(H,11,12,13). The molecule has 0 aliphatic rings. The first-order chi connectivity index (χ1) is 8.63. The largest absolute Gasteiger partial charge is 0.466 e. The predicted octanol–water partition coefficient (Wildman–Crippen LogP) is 1.14. The van der Waals surface area contributed by atoms with Gasteiger partial charge in [-0.05, 0) is 13.3 Å². The van der Waals surface area contributed by atoms with Crippen LogP contribution in [-0.2, 0) is 9.53 Å². The first-order valence-electron chi connectivity index (χ1n) is 5.49. The van der Waals surface area contributed by atoms with E-state index >= 15 is 0 Å².